The van der Waals surface area contributed by atoms with Crippen LogP contribution in [0.15, 0.2) is 48.7 Å². The molecule has 1 aliphatic rings. The molecule has 0 spiro atoms. The fourth-order valence-corrected chi connectivity index (χ4v) is 2.88. The summed E-state index contributed by atoms with van der Waals surface area (Å²) < 4.78 is 5.75. The zero-order chi connectivity index (χ0) is 19.6. The quantitative estimate of drug-likeness (QED) is 0.272. The molecule has 0 aromatic heterocycles. The SMILES string of the molecule is [B]N(O)C/C=C\NC1CCN(c2ccc(OCCCCC(=C)C)cc2)C1=O. The molecule has 27 heavy (non-hydrogen) atoms. The smallest absolute Gasteiger partial charge is 0.249 e. The third-order valence-corrected chi connectivity index (χ3v) is 4.33. The number of ether oxygens (including phenoxy) is 1. The lowest BCUT2D eigenvalue weighted by Gasteiger charge is -2.17. The molecule has 1 fully saturated rings. The van der Waals surface area contributed by atoms with Gasteiger partial charge < -0.3 is 20.2 Å². The van der Waals surface area contributed by atoms with Crippen molar-refractivity contribution in [1.29, 1.82) is 0 Å². The molecule has 0 bridgehead atoms. The average Bonchev–Trinajstić information content (AvgIpc) is 2.99. The van der Waals surface area contributed by atoms with Gasteiger partial charge >= 0.3 is 0 Å². The highest BCUT2D eigenvalue weighted by Crippen LogP contribution is 2.24. The topological polar surface area (TPSA) is 65.0 Å². The molecule has 1 saturated heterocycles. The highest BCUT2D eigenvalue weighted by atomic mass is 16.5. The number of nitrogens with one attached hydrogen (secondary N) is 1. The molecular weight excluding hydrogens is 341 g/mol. The zero-order valence-electron chi connectivity index (χ0n) is 15.9. The lowest BCUT2D eigenvalue weighted by molar-refractivity contribution is -0.118. The van der Waals surface area contributed by atoms with Gasteiger partial charge in [-0.2, -0.15) is 0 Å². The van der Waals surface area contributed by atoms with Crippen molar-refractivity contribution in [3.8, 4) is 5.75 Å². The normalized spacial score (nSPS) is 17.1. The molecular formula is C20H28BN3O3. The first kappa shape index (κ1) is 21.1. The summed E-state index contributed by atoms with van der Waals surface area (Å²) in [5.41, 5.74) is 2.07. The summed E-state index contributed by atoms with van der Waals surface area (Å²) in [5.74, 6) is 0.843. The van der Waals surface area contributed by atoms with Crippen LogP contribution in [0.1, 0.15) is 32.6 Å². The van der Waals surface area contributed by atoms with E-state index in [2.05, 4.69) is 11.9 Å². The standard InChI is InChI=1S/C20H28BN3O3/c1-16(2)6-3-4-15-27-18-9-7-17(8-10-18)23-14-11-19(20(23)25)22-12-5-13-24(21)26/h5,7-10,12,19,22,26H,1,3-4,6,11,13-15H2,2H3/b12-5-. The number of hydrogen-bond donors (Lipinski definition) is 2. The fourth-order valence-electron chi connectivity index (χ4n) is 2.88. The maximum Gasteiger partial charge on any atom is 0.249 e. The van der Waals surface area contributed by atoms with Crippen LogP contribution in [0.4, 0.5) is 5.69 Å². The summed E-state index contributed by atoms with van der Waals surface area (Å²) in [6, 6.07) is 7.36. The molecule has 7 heteroatoms. The summed E-state index contributed by atoms with van der Waals surface area (Å²) in [4.78, 5) is 14.9. The Kier molecular flexibility index (Phi) is 8.42. The van der Waals surface area contributed by atoms with Crippen LogP contribution in [0.3, 0.4) is 0 Å². The van der Waals surface area contributed by atoms with Gasteiger partial charge in [0.25, 0.3) is 0 Å². The number of anilines is 1. The van der Waals surface area contributed by atoms with Crippen molar-refractivity contribution < 1.29 is 14.7 Å². The highest BCUT2D eigenvalue weighted by molar-refractivity contribution is 6.03. The first-order valence-corrected chi connectivity index (χ1v) is 9.28. The number of nitrogens with zero attached hydrogens (tertiary/aromatic N) is 2. The number of amides is 1. The number of unbranched alkanes of at least 4 members (excludes halogenated alkanes) is 1. The molecule has 1 aromatic carbocycles. The average molecular weight is 369 g/mol. The van der Waals surface area contributed by atoms with Crippen molar-refractivity contribution in [3.05, 3.63) is 48.7 Å². The van der Waals surface area contributed by atoms with Crippen molar-refractivity contribution in [2.75, 3.05) is 24.6 Å². The van der Waals surface area contributed by atoms with Crippen molar-refractivity contribution in [3.63, 3.8) is 0 Å². The van der Waals surface area contributed by atoms with Crippen molar-refractivity contribution in [2.24, 2.45) is 0 Å². The Bertz CT molecular complexity index is 646. The summed E-state index contributed by atoms with van der Waals surface area (Å²) in [6.07, 6.45) is 7.13. The predicted molar refractivity (Wildman–Crippen MR) is 108 cm³/mol. The minimum absolute atomic E-state index is 0.0294. The Balaban J connectivity index is 1.78. The van der Waals surface area contributed by atoms with E-state index in [1.54, 1.807) is 17.2 Å². The van der Waals surface area contributed by atoms with E-state index in [0.717, 1.165) is 37.1 Å². The maximum atomic E-state index is 12.5. The fraction of sp³-hybridized carbons (Fsp3) is 0.450. The molecule has 6 nitrogen and oxygen atoms in total. The molecule has 1 heterocycles. The predicted octanol–water partition coefficient (Wildman–Crippen LogP) is 2.80. The number of allylic oxidation sites excluding steroid dienone is 1. The third-order valence-electron chi connectivity index (χ3n) is 4.33. The number of hydroxylamine groups is 1. The van der Waals surface area contributed by atoms with Gasteiger partial charge in [-0.25, -0.2) is 4.97 Å². The van der Waals surface area contributed by atoms with Gasteiger partial charge in [-0.05, 0) is 63.1 Å². The van der Waals surface area contributed by atoms with Gasteiger partial charge in [0.15, 0.2) is 0 Å². The molecule has 1 unspecified atom stereocenters. The molecule has 1 amide bonds. The van der Waals surface area contributed by atoms with Crippen LogP contribution in [0.25, 0.3) is 0 Å². The van der Waals surface area contributed by atoms with Gasteiger partial charge in [0.05, 0.1) is 6.61 Å². The first-order chi connectivity index (χ1) is 13.0. The number of carbonyl (C=O) groups is 1. The Morgan fingerprint density at radius 2 is 2.19 bits per heavy atom. The van der Waals surface area contributed by atoms with Gasteiger partial charge in [0, 0.05) is 18.8 Å². The molecule has 1 aliphatic heterocycles. The van der Waals surface area contributed by atoms with Gasteiger partial charge in [0.2, 0.25) is 13.9 Å². The lowest BCUT2D eigenvalue weighted by Crippen LogP contribution is -2.35. The summed E-state index contributed by atoms with van der Waals surface area (Å²) in [6.45, 7) is 7.47. The van der Waals surface area contributed by atoms with E-state index < -0.39 is 0 Å². The Labute approximate surface area is 162 Å². The molecule has 1 atom stereocenters. The summed E-state index contributed by atoms with van der Waals surface area (Å²) in [7, 11) is 5.10. The van der Waals surface area contributed by atoms with Gasteiger partial charge in [-0.1, -0.05) is 11.6 Å². The van der Waals surface area contributed by atoms with E-state index in [9.17, 15) is 4.79 Å². The molecule has 2 N–H and O–H groups in total. The minimum atomic E-state index is -0.268. The lowest BCUT2D eigenvalue weighted by atomic mass is 10.1. The van der Waals surface area contributed by atoms with Gasteiger partial charge in [-0.3, -0.25) is 4.79 Å². The molecule has 144 valence electrons. The highest BCUT2D eigenvalue weighted by Gasteiger charge is 2.31. The van der Waals surface area contributed by atoms with Crippen LogP contribution in [0.2, 0.25) is 0 Å². The van der Waals surface area contributed by atoms with E-state index in [1.807, 2.05) is 31.2 Å². The van der Waals surface area contributed by atoms with E-state index in [0.29, 0.717) is 18.1 Å². The second-order valence-electron chi connectivity index (χ2n) is 6.78. The van der Waals surface area contributed by atoms with E-state index in [-0.39, 0.29) is 18.5 Å². The van der Waals surface area contributed by atoms with Crippen LogP contribution in [0.5, 0.6) is 5.75 Å². The van der Waals surface area contributed by atoms with Crippen LogP contribution < -0.4 is 15.0 Å². The van der Waals surface area contributed by atoms with Crippen molar-refractivity contribution in [2.45, 2.75) is 38.6 Å². The van der Waals surface area contributed by atoms with Gasteiger partial charge in [-0.15, -0.1) is 6.58 Å². The maximum absolute atomic E-state index is 12.5. The number of carbonyl (C=O) groups excluding carboxylic acids is 1. The molecule has 0 saturated carbocycles. The number of benzene rings is 1. The van der Waals surface area contributed by atoms with Crippen LogP contribution in [0, 0.1) is 0 Å². The van der Waals surface area contributed by atoms with E-state index in [1.165, 1.54) is 5.57 Å². The first-order valence-electron chi connectivity index (χ1n) is 9.28. The third kappa shape index (κ3) is 7.11. The largest absolute Gasteiger partial charge is 0.494 e. The number of hydrogen-bond acceptors (Lipinski definition) is 5. The molecule has 1 aromatic rings. The van der Waals surface area contributed by atoms with E-state index in [4.69, 9.17) is 17.9 Å². The van der Waals surface area contributed by atoms with Crippen LogP contribution in [-0.4, -0.2) is 49.8 Å². The van der Waals surface area contributed by atoms with Crippen molar-refractivity contribution in [1.82, 2.24) is 10.3 Å². The van der Waals surface area contributed by atoms with Crippen LogP contribution >= 0.6 is 0 Å². The second-order valence-corrected chi connectivity index (χ2v) is 6.78. The Morgan fingerprint density at radius 3 is 2.85 bits per heavy atom. The monoisotopic (exact) mass is 369 g/mol. The van der Waals surface area contributed by atoms with Gasteiger partial charge in [0.1, 0.15) is 11.8 Å². The second kappa shape index (κ2) is 10.8. The van der Waals surface area contributed by atoms with Crippen molar-refractivity contribution >= 4 is 19.6 Å². The van der Waals surface area contributed by atoms with Crippen LogP contribution in [-0.2, 0) is 4.79 Å². The summed E-state index contributed by atoms with van der Waals surface area (Å²) in [5, 5.41) is 11.9. The number of rotatable bonds is 11. The minimum Gasteiger partial charge on any atom is -0.494 e. The zero-order valence-corrected chi connectivity index (χ0v) is 15.9. The molecule has 0 aliphatic carbocycles. The Hall–Kier alpha value is -2.25. The Morgan fingerprint density at radius 1 is 1.44 bits per heavy atom. The van der Waals surface area contributed by atoms with E-state index >= 15 is 0 Å². The molecule has 2 rings (SSSR count). The molecule has 2 radical (unpaired) electrons. The summed E-state index contributed by atoms with van der Waals surface area (Å²) >= 11 is 0.